The van der Waals surface area contributed by atoms with Crippen LogP contribution in [-0.4, -0.2) is 0 Å². The highest BCUT2D eigenvalue weighted by Gasteiger charge is 2.33. The van der Waals surface area contributed by atoms with E-state index in [1.165, 1.54) is 6.07 Å². The van der Waals surface area contributed by atoms with Crippen LogP contribution in [0.4, 0.5) is 22.0 Å². The van der Waals surface area contributed by atoms with Gasteiger partial charge in [0.25, 0.3) is 0 Å². The summed E-state index contributed by atoms with van der Waals surface area (Å²) in [5.74, 6) is -2.20. The van der Waals surface area contributed by atoms with E-state index in [0.29, 0.717) is 6.07 Å². The molecule has 7 heteroatoms. The van der Waals surface area contributed by atoms with Gasteiger partial charge >= 0.3 is 6.18 Å². The average molecular weight is 303 g/mol. The molecular formula is C14H10F5NO. The second-order valence-electron chi connectivity index (χ2n) is 4.23. The lowest BCUT2D eigenvalue weighted by Gasteiger charge is -2.14. The topological polar surface area (TPSA) is 35.2 Å². The molecule has 2 rings (SSSR count). The van der Waals surface area contributed by atoms with Gasteiger partial charge in [0.2, 0.25) is 0 Å². The van der Waals surface area contributed by atoms with Crippen molar-refractivity contribution in [3.05, 3.63) is 59.2 Å². The van der Waals surface area contributed by atoms with Crippen LogP contribution in [0.5, 0.6) is 11.5 Å². The Hall–Kier alpha value is -2.15. The van der Waals surface area contributed by atoms with Gasteiger partial charge in [0, 0.05) is 24.7 Å². The standard InChI is InChI=1S/C14H10F5NO/c15-9-3-10(16)5-12(4-9)21-11-2-1-8(7-20)13(6-11)14(17,18)19/h1-6H,7,20H2. The fraction of sp³-hybridized carbons (Fsp3) is 0.143. The molecule has 0 bridgehead atoms. The summed E-state index contributed by atoms with van der Waals surface area (Å²) in [6, 6.07) is 5.52. The van der Waals surface area contributed by atoms with E-state index in [-0.39, 0.29) is 23.6 Å². The maximum Gasteiger partial charge on any atom is 0.416 e. The molecule has 0 amide bonds. The van der Waals surface area contributed by atoms with Crippen LogP contribution in [0.1, 0.15) is 11.1 Å². The molecule has 112 valence electrons. The summed E-state index contributed by atoms with van der Waals surface area (Å²) >= 11 is 0. The van der Waals surface area contributed by atoms with Crippen molar-refractivity contribution in [1.29, 1.82) is 0 Å². The van der Waals surface area contributed by atoms with Gasteiger partial charge in [-0.2, -0.15) is 13.2 Å². The quantitative estimate of drug-likeness (QED) is 0.861. The summed E-state index contributed by atoms with van der Waals surface area (Å²) in [5, 5.41) is 0. The van der Waals surface area contributed by atoms with Crippen LogP contribution in [0, 0.1) is 11.6 Å². The molecule has 0 fully saturated rings. The second kappa shape index (κ2) is 5.69. The van der Waals surface area contributed by atoms with Gasteiger partial charge < -0.3 is 10.5 Å². The van der Waals surface area contributed by atoms with Crippen molar-refractivity contribution < 1.29 is 26.7 Å². The molecule has 2 aromatic rings. The van der Waals surface area contributed by atoms with E-state index in [4.69, 9.17) is 10.5 Å². The zero-order valence-electron chi connectivity index (χ0n) is 10.5. The summed E-state index contributed by atoms with van der Waals surface area (Å²) < 4.78 is 69.6. The molecular weight excluding hydrogens is 293 g/mol. The maximum atomic E-state index is 13.0. The Balaban J connectivity index is 2.37. The van der Waals surface area contributed by atoms with Gasteiger partial charge in [0.05, 0.1) is 5.56 Å². The molecule has 0 aromatic heterocycles. The monoisotopic (exact) mass is 303 g/mol. The summed E-state index contributed by atoms with van der Waals surface area (Å²) in [5.41, 5.74) is 4.21. The van der Waals surface area contributed by atoms with Gasteiger partial charge in [-0.25, -0.2) is 8.78 Å². The Morgan fingerprint density at radius 2 is 1.52 bits per heavy atom. The highest BCUT2D eigenvalue weighted by molar-refractivity contribution is 5.40. The minimum absolute atomic E-state index is 0.0970. The van der Waals surface area contributed by atoms with Crippen LogP contribution in [-0.2, 0) is 12.7 Å². The summed E-state index contributed by atoms with van der Waals surface area (Å²) in [6.45, 7) is -0.288. The van der Waals surface area contributed by atoms with Crippen molar-refractivity contribution in [2.24, 2.45) is 5.73 Å². The number of alkyl halides is 3. The molecule has 21 heavy (non-hydrogen) atoms. The third kappa shape index (κ3) is 3.69. The predicted molar refractivity (Wildman–Crippen MR) is 65.8 cm³/mol. The smallest absolute Gasteiger partial charge is 0.416 e. The largest absolute Gasteiger partial charge is 0.457 e. The van der Waals surface area contributed by atoms with E-state index in [9.17, 15) is 22.0 Å². The van der Waals surface area contributed by atoms with Gasteiger partial charge in [0.15, 0.2) is 0 Å². The lowest BCUT2D eigenvalue weighted by Crippen LogP contribution is -2.12. The second-order valence-corrected chi connectivity index (χ2v) is 4.23. The Kier molecular flexibility index (Phi) is 4.13. The van der Waals surface area contributed by atoms with Crippen LogP contribution < -0.4 is 10.5 Å². The first kappa shape index (κ1) is 15.2. The molecule has 0 aliphatic heterocycles. The van der Waals surface area contributed by atoms with E-state index in [1.807, 2.05) is 0 Å². The van der Waals surface area contributed by atoms with Gasteiger partial charge in [-0.1, -0.05) is 6.07 Å². The van der Waals surface area contributed by atoms with Crippen LogP contribution >= 0.6 is 0 Å². The molecule has 0 aliphatic carbocycles. The normalized spacial score (nSPS) is 11.5. The minimum Gasteiger partial charge on any atom is -0.457 e. The highest BCUT2D eigenvalue weighted by Crippen LogP contribution is 2.35. The van der Waals surface area contributed by atoms with Crippen molar-refractivity contribution in [2.45, 2.75) is 12.7 Å². The van der Waals surface area contributed by atoms with Crippen molar-refractivity contribution >= 4 is 0 Å². The molecule has 2 aromatic carbocycles. The number of rotatable bonds is 3. The van der Waals surface area contributed by atoms with Gasteiger partial charge in [-0.05, 0) is 17.7 Å². The Morgan fingerprint density at radius 3 is 2.05 bits per heavy atom. The number of halogens is 5. The van der Waals surface area contributed by atoms with E-state index >= 15 is 0 Å². The molecule has 0 heterocycles. The lowest BCUT2D eigenvalue weighted by atomic mass is 10.1. The average Bonchev–Trinajstić information content (AvgIpc) is 2.36. The first-order valence-electron chi connectivity index (χ1n) is 5.84. The lowest BCUT2D eigenvalue weighted by molar-refractivity contribution is -0.138. The van der Waals surface area contributed by atoms with Gasteiger partial charge in [-0.15, -0.1) is 0 Å². The zero-order chi connectivity index (χ0) is 15.6. The first-order chi connectivity index (χ1) is 9.79. The molecule has 0 saturated carbocycles. The third-order valence-electron chi connectivity index (χ3n) is 2.68. The van der Waals surface area contributed by atoms with Crippen LogP contribution in [0.15, 0.2) is 36.4 Å². The Morgan fingerprint density at radius 1 is 0.905 bits per heavy atom. The number of hydrogen-bond donors (Lipinski definition) is 1. The molecule has 2 nitrogen and oxygen atoms in total. The van der Waals surface area contributed by atoms with Crippen molar-refractivity contribution in [2.75, 3.05) is 0 Å². The van der Waals surface area contributed by atoms with E-state index < -0.39 is 23.4 Å². The molecule has 0 unspecified atom stereocenters. The van der Waals surface area contributed by atoms with Crippen molar-refractivity contribution in [1.82, 2.24) is 0 Å². The maximum absolute atomic E-state index is 13.0. The zero-order valence-corrected chi connectivity index (χ0v) is 10.5. The number of nitrogens with two attached hydrogens (primary N) is 1. The summed E-state index contributed by atoms with van der Waals surface area (Å²) in [7, 11) is 0. The van der Waals surface area contributed by atoms with Crippen LogP contribution in [0.3, 0.4) is 0 Å². The van der Waals surface area contributed by atoms with E-state index in [0.717, 1.165) is 24.3 Å². The van der Waals surface area contributed by atoms with Gasteiger partial charge in [0.1, 0.15) is 23.1 Å². The Labute approximate surface area is 116 Å². The molecule has 0 aliphatic rings. The molecule has 0 spiro atoms. The molecule has 0 saturated heterocycles. The number of hydrogen-bond acceptors (Lipinski definition) is 2. The van der Waals surface area contributed by atoms with Crippen molar-refractivity contribution in [3.8, 4) is 11.5 Å². The highest BCUT2D eigenvalue weighted by atomic mass is 19.4. The van der Waals surface area contributed by atoms with E-state index in [1.54, 1.807) is 0 Å². The van der Waals surface area contributed by atoms with Crippen LogP contribution in [0.25, 0.3) is 0 Å². The summed E-state index contributed by atoms with van der Waals surface area (Å²) in [6.07, 6.45) is -4.60. The Bertz CT molecular complexity index is 634. The summed E-state index contributed by atoms with van der Waals surface area (Å²) in [4.78, 5) is 0. The molecule has 2 N–H and O–H groups in total. The fourth-order valence-corrected chi connectivity index (χ4v) is 1.78. The molecule has 0 atom stereocenters. The third-order valence-corrected chi connectivity index (χ3v) is 2.68. The molecule has 0 radical (unpaired) electrons. The first-order valence-corrected chi connectivity index (χ1v) is 5.84. The van der Waals surface area contributed by atoms with Crippen LogP contribution in [0.2, 0.25) is 0 Å². The number of benzene rings is 2. The van der Waals surface area contributed by atoms with E-state index in [2.05, 4.69) is 0 Å². The predicted octanol–water partition coefficient (Wildman–Crippen LogP) is 4.23. The SMILES string of the molecule is NCc1ccc(Oc2cc(F)cc(F)c2)cc1C(F)(F)F. The van der Waals surface area contributed by atoms with Gasteiger partial charge in [-0.3, -0.25) is 0 Å². The fourth-order valence-electron chi connectivity index (χ4n) is 1.78. The minimum atomic E-state index is -4.60. The number of ether oxygens (including phenoxy) is 1. The van der Waals surface area contributed by atoms with Crippen molar-refractivity contribution in [3.63, 3.8) is 0 Å².